The van der Waals surface area contributed by atoms with E-state index in [1.165, 1.54) is 31.0 Å². The second-order valence-electron chi connectivity index (χ2n) is 8.82. The molecule has 37 heavy (non-hydrogen) atoms. The van der Waals surface area contributed by atoms with Crippen LogP contribution < -0.4 is 0 Å². The molecular weight excluding hydrogens is 500 g/mol. The summed E-state index contributed by atoms with van der Waals surface area (Å²) < 4.78 is 10.2. The van der Waals surface area contributed by atoms with E-state index in [1.807, 2.05) is 10.3 Å². The first-order chi connectivity index (χ1) is 17.7. The highest BCUT2D eigenvalue weighted by Crippen LogP contribution is 2.45. The number of fused-ring (bicyclic) bond motifs is 1. The molecule has 12 heteroatoms. The Hall–Kier alpha value is -3.67. The van der Waals surface area contributed by atoms with Crippen LogP contribution in [0.3, 0.4) is 0 Å². The third-order valence-electron chi connectivity index (χ3n) is 6.63. The number of rotatable bonds is 7. The number of aliphatic imine (C=N–C) groups is 1. The zero-order valence-corrected chi connectivity index (χ0v) is 21.7. The fourth-order valence-corrected chi connectivity index (χ4v) is 5.69. The molecule has 3 aliphatic rings. The number of nitro benzene ring substituents is 1. The minimum absolute atomic E-state index is 0.0678. The molecule has 0 aromatic heterocycles. The molecule has 0 N–H and O–H groups in total. The lowest BCUT2D eigenvalue weighted by Crippen LogP contribution is -2.42. The first kappa shape index (κ1) is 26.4. The van der Waals surface area contributed by atoms with Crippen LogP contribution in [0.1, 0.15) is 44.7 Å². The number of hydrogen-bond acceptors (Lipinski definition) is 10. The predicted octanol–water partition coefficient (Wildman–Crippen LogP) is 3.53. The second-order valence-corrected chi connectivity index (χ2v) is 9.65. The summed E-state index contributed by atoms with van der Waals surface area (Å²) in [4.78, 5) is 56.9. The Morgan fingerprint density at radius 2 is 1.86 bits per heavy atom. The fourth-order valence-electron chi connectivity index (χ4n) is 4.73. The van der Waals surface area contributed by atoms with Crippen molar-refractivity contribution in [3.63, 3.8) is 0 Å². The summed E-state index contributed by atoms with van der Waals surface area (Å²) in [5, 5.41) is 13.6. The van der Waals surface area contributed by atoms with Gasteiger partial charge in [-0.3, -0.25) is 19.7 Å². The Bertz CT molecular complexity index is 1200. The van der Waals surface area contributed by atoms with Crippen molar-refractivity contribution in [3.05, 3.63) is 62.3 Å². The Morgan fingerprint density at radius 1 is 1.19 bits per heavy atom. The van der Waals surface area contributed by atoms with Crippen LogP contribution in [0.4, 0.5) is 5.69 Å². The standard InChI is InChI=1S/C25H28N4O7S/c1-4-36-23(31)17-9-11-27(12-10-17)20(30)13-19-14-37-25-26-15(2)21(24(32)35-3)22(28(19)25)16-5-7-18(8-6-16)29(33)34/h5-8,14,17,22H,4,9-13H2,1-3H3. The number of methoxy groups -OCH3 is 1. The molecule has 4 rings (SSSR count). The molecule has 1 saturated heterocycles. The minimum atomic E-state index is -0.663. The maximum absolute atomic E-state index is 13.2. The van der Waals surface area contributed by atoms with Crippen molar-refractivity contribution in [2.75, 3.05) is 26.8 Å². The summed E-state index contributed by atoms with van der Waals surface area (Å²) in [5.41, 5.74) is 2.02. The van der Waals surface area contributed by atoms with Crippen molar-refractivity contribution in [2.45, 2.75) is 39.2 Å². The van der Waals surface area contributed by atoms with Crippen LogP contribution in [0, 0.1) is 16.0 Å². The molecule has 0 aliphatic carbocycles. The number of non-ortho nitro benzene ring substituents is 1. The number of hydrogen-bond donors (Lipinski definition) is 0. The van der Waals surface area contributed by atoms with Crippen LogP contribution in [0.5, 0.6) is 0 Å². The highest BCUT2D eigenvalue weighted by atomic mass is 32.2. The van der Waals surface area contributed by atoms with Crippen LogP contribution in [0.25, 0.3) is 0 Å². The molecule has 0 bridgehead atoms. The van der Waals surface area contributed by atoms with E-state index < -0.39 is 16.9 Å². The summed E-state index contributed by atoms with van der Waals surface area (Å²) in [5.74, 6) is -1.08. The number of benzene rings is 1. The normalized spacial score (nSPS) is 19.7. The van der Waals surface area contributed by atoms with Crippen LogP contribution in [-0.2, 0) is 23.9 Å². The summed E-state index contributed by atoms with van der Waals surface area (Å²) in [6, 6.07) is 5.31. The third kappa shape index (κ3) is 5.38. The molecule has 1 amide bonds. The molecule has 1 unspecified atom stereocenters. The van der Waals surface area contributed by atoms with Gasteiger partial charge < -0.3 is 19.3 Å². The van der Waals surface area contributed by atoms with Gasteiger partial charge >= 0.3 is 11.9 Å². The van der Waals surface area contributed by atoms with Crippen molar-refractivity contribution in [1.29, 1.82) is 0 Å². The van der Waals surface area contributed by atoms with Crippen LogP contribution in [-0.4, -0.2) is 64.5 Å². The molecule has 196 valence electrons. The van der Waals surface area contributed by atoms with Gasteiger partial charge in [-0.15, -0.1) is 0 Å². The van der Waals surface area contributed by atoms with E-state index in [0.717, 1.165) is 0 Å². The first-order valence-electron chi connectivity index (χ1n) is 12.0. The van der Waals surface area contributed by atoms with E-state index in [-0.39, 0.29) is 29.9 Å². The van der Waals surface area contributed by atoms with Gasteiger partial charge in [0, 0.05) is 30.9 Å². The molecule has 1 aromatic rings. The molecule has 3 heterocycles. The summed E-state index contributed by atoms with van der Waals surface area (Å²) in [6.45, 7) is 4.74. The number of esters is 2. The molecule has 1 atom stereocenters. The van der Waals surface area contributed by atoms with Crippen molar-refractivity contribution < 1.29 is 28.8 Å². The molecular formula is C25H28N4O7S. The lowest BCUT2D eigenvalue weighted by molar-refractivity contribution is -0.384. The number of likely N-dealkylation sites (tertiary alicyclic amines) is 1. The first-order valence-corrected chi connectivity index (χ1v) is 12.8. The number of nitro groups is 1. The quantitative estimate of drug-likeness (QED) is 0.296. The number of carbonyl (C=O) groups is 3. The summed E-state index contributed by atoms with van der Waals surface area (Å²) in [7, 11) is 1.29. The number of nitrogens with zero attached hydrogens (tertiary/aromatic N) is 4. The fraction of sp³-hybridized carbons (Fsp3) is 0.440. The lowest BCUT2D eigenvalue weighted by Gasteiger charge is -2.37. The molecule has 0 radical (unpaired) electrons. The summed E-state index contributed by atoms with van der Waals surface area (Å²) >= 11 is 1.35. The maximum Gasteiger partial charge on any atom is 0.338 e. The van der Waals surface area contributed by atoms with E-state index in [9.17, 15) is 24.5 Å². The van der Waals surface area contributed by atoms with E-state index >= 15 is 0 Å². The monoisotopic (exact) mass is 528 g/mol. The Kier molecular flexibility index (Phi) is 7.96. The number of ether oxygens (including phenoxy) is 2. The van der Waals surface area contributed by atoms with Crippen molar-refractivity contribution >= 4 is 40.5 Å². The number of carbonyl (C=O) groups excluding carboxylic acids is 3. The molecule has 0 spiro atoms. The molecule has 1 aromatic carbocycles. The Morgan fingerprint density at radius 3 is 2.46 bits per heavy atom. The van der Waals surface area contributed by atoms with Crippen LogP contribution in [0.2, 0.25) is 0 Å². The smallest absolute Gasteiger partial charge is 0.338 e. The summed E-state index contributed by atoms with van der Waals surface area (Å²) in [6.07, 6.45) is 1.18. The molecule has 1 fully saturated rings. The number of piperidine rings is 1. The maximum atomic E-state index is 13.2. The van der Waals surface area contributed by atoms with Gasteiger partial charge in [0.25, 0.3) is 5.69 Å². The SMILES string of the molecule is CCOC(=O)C1CCN(C(=O)CC2=CSC3=NC(C)=C(C(=O)OC)C(c4ccc([N+](=O)[O-])cc4)N23)CC1. The van der Waals surface area contributed by atoms with Crippen LogP contribution in [0.15, 0.2) is 51.6 Å². The zero-order valence-electron chi connectivity index (χ0n) is 20.8. The van der Waals surface area contributed by atoms with Crippen molar-refractivity contribution in [1.82, 2.24) is 9.80 Å². The van der Waals surface area contributed by atoms with E-state index in [2.05, 4.69) is 4.99 Å². The van der Waals surface area contributed by atoms with Gasteiger partial charge in [0.1, 0.15) is 0 Å². The molecule has 3 aliphatic heterocycles. The number of amides is 1. The van der Waals surface area contributed by atoms with Crippen molar-refractivity contribution in [3.8, 4) is 0 Å². The average Bonchev–Trinajstić information content (AvgIpc) is 3.29. The second kappa shape index (κ2) is 11.2. The van der Waals surface area contributed by atoms with E-state index in [1.54, 1.807) is 30.9 Å². The lowest BCUT2D eigenvalue weighted by atomic mass is 9.93. The Labute approximate surface area is 218 Å². The minimum Gasteiger partial charge on any atom is -0.466 e. The van der Waals surface area contributed by atoms with Gasteiger partial charge in [-0.25, -0.2) is 9.79 Å². The zero-order chi connectivity index (χ0) is 26.7. The third-order valence-corrected chi connectivity index (χ3v) is 7.51. The molecule has 0 saturated carbocycles. The van der Waals surface area contributed by atoms with Crippen LogP contribution >= 0.6 is 11.8 Å². The van der Waals surface area contributed by atoms with Gasteiger partial charge in [0.15, 0.2) is 5.17 Å². The Balaban J connectivity index is 1.56. The average molecular weight is 529 g/mol. The number of amidine groups is 1. The predicted molar refractivity (Wildman–Crippen MR) is 136 cm³/mol. The number of allylic oxidation sites excluding steroid dienone is 1. The van der Waals surface area contributed by atoms with Crippen molar-refractivity contribution in [2.24, 2.45) is 10.9 Å². The van der Waals surface area contributed by atoms with Gasteiger partial charge in [0.2, 0.25) is 5.91 Å². The van der Waals surface area contributed by atoms with Gasteiger partial charge in [-0.1, -0.05) is 11.8 Å². The number of thioether (sulfide) groups is 1. The largest absolute Gasteiger partial charge is 0.466 e. The van der Waals surface area contributed by atoms with Gasteiger partial charge in [-0.2, -0.15) is 0 Å². The molecule has 11 nitrogen and oxygen atoms in total. The van der Waals surface area contributed by atoms with E-state index in [0.29, 0.717) is 60.2 Å². The highest BCUT2D eigenvalue weighted by Gasteiger charge is 2.41. The van der Waals surface area contributed by atoms with E-state index in [4.69, 9.17) is 9.47 Å². The van der Waals surface area contributed by atoms with Gasteiger partial charge in [-0.05, 0) is 49.8 Å². The van der Waals surface area contributed by atoms with Gasteiger partial charge in [0.05, 0.1) is 48.3 Å². The highest BCUT2D eigenvalue weighted by molar-refractivity contribution is 8.16. The topological polar surface area (TPSA) is 132 Å².